The summed E-state index contributed by atoms with van der Waals surface area (Å²) >= 11 is 0. The maximum atomic E-state index is 12.3. The SMILES string of the molecule is Cc1ccc(-c2nnc(CN3C[C@@H]4CN(C(=O)OC(C)(C)C)C[C@@H]4C3)o2)cc1. The van der Waals surface area contributed by atoms with Gasteiger partial charge in [-0.15, -0.1) is 10.2 Å². The number of nitrogens with zero attached hydrogens (tertiary/aromatic N) is 4. The quantitative estimate of drug-likeness (QED) is 0.808. The van der Waals surface area contributed by atoms with E-state index in [1.165, 1.54) is 5.56 Å². The number of amides is 1. The number of carbonyl (C=O) groups is 1. The van der Waals surface area contributed by atoms with Crippen LogP contribution in [0.5, 0.6) is 0 Å². The first kappa shape index (κ1) is 18.9. The Morgan fingerprint density at radius 3 is 2.36 bits per heavy atom. The molecule has 0 bridgehead atoms. The lowest BCUT2D eigenvalue weighted by Crippen LogP contribution is -2.37. The molecule has 2 saturated heterocycles. The second-order valence-electron chi connectivity index (χ2n) is 8.97. The summed E-state index contributed by atoms with van der Waals surface area (Å²) in [4.78, 5) is 16.5. The Kier molecular flexibility index (Phi) is 4.87. The van der Waals surface area contributed by atoms with Gasteiger partial charge >= 0.3 is 6.09 Å². The molecule has 3 heterocycles. The van der Waals surface area contributed by atoms with E-state index in [2.05, 4.69) is 22.0 Å². The van der Waals surface area contributed by atoms with Crippen molar-refractivity contribution < 1.29 is 13.9 Å². The summed E-state index contributed by atoms with van der Waals surface area (Å²) in [6.45, 7) is 11.8. The lowest BCUT2D eigenvalue weighted by Gasteiger charge is -2.25. The van der Waals surface area contributed by atoms with Crippen molar-refractivity contribution in [2.24, 2.45) is 11.8 Å². The van der Waals surface area contributed by atoms with Gasteiger partial charge in [-0.2, -0.15) is 0 Å². The van der Waals surface area contributed by atoms with Crippen LogP contribution in [0.25, 0.3) is 11.5 Å². The van der Waals surface area contributed by atoms with E-state index in [0.29, 0.717) is 30.2 Å². The van der Waals surface area contributed by atoms with Gasteiger partial charge in [0.1, 0.15) is 5.60 Å². The highest BCUT2D eigenvalue weighted by Gasteiger charge is 2.42. The summed E-state index contributed by atoms with van der Waals surface area (Å²) < 4.78 is 11.4. The monoisotopic (exact) mass is 384 g/mol. The van der Waals surface area contributed by atoms with Crippen LogP contribution < -0.4 is 0 Å². The Balaban J connectivity index is 1.31. The summed E-state index contributed by atoms with van der Waals surface area (Å²) in [5, 5.41) is 8.40. The van der Waals surface area contributed by atoms with E-state index in [-0.39, 0.29) is 6.09 Å². The molecule has 7 nitrogen and oxygen atoms in total. The van der Waals surface area contributed by atoms with Gasteiger partial charge in [0.05, 0.1) is 6.54 Å². The number of ether oxygens (including phenoxy) is 1. The van der Waals surface area contributed by atoms with Gasteiger partial charge in [0, 0.05) is 31.7 Å². The lowest BCUT2D eigenvalue weighted by atomic mass is 10.0. The van der Waals surface area contributed by atoms with Crippen LogP contribution in [0.2, 0.25) is 0 Å². The molecule has 0 saturated carbocycles. The second kappa shape index (κ2) is 7.20. The van der Waals surface area contributed by atoms with E-state index in [9.17, 15) is 4.79 Å². The third kappa shape index (κ3) is 4.19. The standard InChI is InChI=1S/C21H28N4O3/c1-14-5-7-15(8-6-14)19-23-22-18(27-19)13-24-9-16-11-25(12-17(16)10-24)20(26)28-21(2,3)4/h5-8,16-17H,9-13H2,1-4H3/t16-,17+. The van der Waals surface area contributed by atoms with Gasteiger partial charge in [0.15, 0.2) is 0 Å². The highest BCUT2D eigenvalue weighted by Crippen LogP contribution is 2.32. The number of benzene rings is 1. The largest absolute Gasteiger partial charge is 0.444 e. The smallest absolute Gasteiger partial charge is 0.410 e. The van der Waals surface area contributed by atoms with Crippen molar-refractivity contribution in [2.75, 3.05) is 26.2 Å². The van der Waals surface area contributed by atoms with Crippen LogP contribution in [-0.2, 0) is 11.3 Å². The van der Waals surface area contributed by atoms with Crippen molar-refractivity contribution in [1.29, 1.82) is 0 Å². The van der Waals surface area contributed by atoms with Crippen LogP contribution in [0.4, 0.5) is 4.79 Å². The lowest BCUT2D eigenvalue weighted by molar-refractivity contribution is 0.0273. The molecule has 0 spiro atoms. The molecule has 4 rings (SSSR count). The zero-order valence-electron chi connectivity index (χ0n) is 17.0. The van der Waals surface area contributed by atoms with Crippen molar-refractivity contribution in [3.05, 3.63) is 35.7 Å². The van der Waals surface area contributed by atoms with E-state index in [1.807, 2.05) is 49.9 Å². The zero-order valence-corrected chi connectivity index (χ0v) is 17.0. The Bertz CT molecular complexity index is 826. The fourth-order valence-corrected chi connectivity index (χ4v) is 4.02. The minimum atomic E-state index is -0.450. The summed E-state index contributed by atoms with van der Waals surface area (Å²) in [6.07, 6.45) is -0.201. The van der Waals surface area contributed by atoms with E-state index >= 15 is 0 Å². The molecule has 2 fully saturated rings. The van der Waals surface area contributed by atoms with Crippen LogP contribution >= 0.6 is 0 Å². The molecule has 0 radical (unpaired) electrons. The van der Waals surface area contributed by atoms with Crippen molar-refractivity contribution in [3.8, 4) is 11.5 Å². The molecule has 1 aromatic carbocycles. The predicted molar refractivity (Wildman–Crippen MR) is 105 cm³/mol. The number of hydrogen-bond acceptors (Lipinski definition) is 6. The summed E-state index contributed by atoms with van der Waals surface area (Å²) in [7, 11) is 0. The van der Waals surface area contributed by atoms with Gasteiger partial charge < -0.3 is 14.1 Å². The number of aryl methyl sites for hydroxylation is 1. The first-order chi connectivity index (χ1) is 13.3. The van der Waals surface area contributed by atoms with Gasteiger partial charge in [0.2, 0.25) is 11.8 Å². The number of fused-ring (bicyclic) bond motifs is 1. The topological polar surface area (TPSA) is 71.7 Å². The molecule has 0 N–H and O–H groups in total. The van der Waals surface area contributed by atoms with Crippen LogP contribution in [-0.4, -0.2) is 57.9 Å². The summed E-state index contributed by atoms with van der Waals surface area (Å²) in [5.74, 6) is 2.16. The molecule has 28 heavy (non-hydrogen) atoms. The highest BCUT2D eigenvalue weighted by molar-refractivity contribution is 5.68. The molecular weight excluding hydrogens is 356 g/mol. The highest BCUT2D eigenvalue weighted by atomic mass is 16.6. The Labute approximate surface area is 165 Å². The van der Waals surface area contributed by atoms with Crippen LogP contribution in [0.15, 0.2) is 28.7 Å². The van der Waals surface area contributed by atoms with Crippen LogP contribution in [0, 0.1) is 18.8 Å². The molecule has 2 aliphatic rings. The Morgan fingerprint density at radius 1 is 1.11 bits per heavy atom. The minimum absolute atomic E-state index is 0.201. The normalized spacial score (nSPS) is 22.5. The van der Waals surface area contributed by atoms with Crippen molar-refractivity contribution in [1.82, 2.24) is 20.0 Å². The fraction of sp³-hybridized carbons (Fsp3) is 0.571. The minimum Gasteiger partial charge on any atom is -0.444 e. The average Bonchev–Trinajstić information content (AvgIpc) is 3.29. The van der Waals surface area contributed by atoms with Crippen molar-refractivity contribution >= 4 is 6.09 Å². The number of aromatic nitrogens is 2. The van der Waals surface area contributed by atoms with Crippen LogP contribution in [0.1, 0.15) is 32.2 Å². The third-order valence-corrected chi connectivity index (χ3v) is 5.34. The Hall–Kier alpha value is -2.41. The predicted octanol–water partition coefficient (Wildman–Crippen LogP) is 3.34. The number of likely N-dealkylation sites (tertiary alicyclic amines) is 2. The number of carbonyl (C=O) groups excluding carboxylic acids is 1. The fourth-order valence-electron chi connectivity index (χ4n) is 4.02. The summed E-state index contributed by atoms with van der Waals surface area (Å²) in [6, 6.07) is 8.07. The average molecular weight is 384 g/mol. The van der Waals surface area contributed by atoms with Gasteiger partial charge in [-0.25, -0.2) is 4.79 Å². The van der Waals surface area contributed by atoms with Crippen LogP contribution in [0.3, 0.4) is 0 Å². The molecule has 7 heteroatoms. The molecule has 1 amide bonds. The molecular formula is C21H28N4O3. The third-order valence-electron chi connectivity index (χ3n) is 5.34. The van der Waals surface area contributed by atoms with E-state index in [1.54, 1.807) is 0 Å². The number of rotatable bonds is 3. The molecule has 0 unspecified atom stereocenters. The zero-order chi connectivity index (χ0) is 19.9. The molecule has 1 aromatic heterocycles. The van der Waals surface area contributed by atoms with Gasteiger partial charge in [-0.3, -0.25) is 4.90 Å². The maximum absolute atomic E-state index is 12.3. The van der Waals surface area contributed by atoms with E-state index in [0.717, 1.165) is 31.7 Å². The van der Waals surface area contributed by atoms with Gasteiger partial charge in [-0.05, 0) is 51.7 Å². The second-order valence-corrected chi connectivity index (χ2v) is 8.97. The summed E-state index contributed by atoms with van der Waals surface area (Å²) in [5.41, 5.74) is 1.69. The van der Waals surface area contributed by atoms with Crippen molar-refractivity contribution in [3.63, 3.8) is 0 Å². The van der Waals surface area contributed by atoms with Gasteiger partial charge in [0.25, 0.3) is 0 Å². The molecule has 2 aromatic rings. The van der Waals surface area contributed by atoms with Crippen molar-refractivity contribution in [2.45, 2.75) is 39.8 Å². The molecule has 2 aliphatic heterocycles. The van der Waals surface area contributed by atoms with E-state index < -0.39 is 5.60 Å². The molecule has 150 valence electrons. The molecule has 2 atom stereocenters. The van der Waals surface area contributed by atoms with E-state index in [4.69, 9.17) is 9.15 Å². The maximum Gasteiger partial charge on any atom is 0.410 e. The first-order valence-electron chi connectivity index (χ1n) is 9.86. The number of hydrogen-bond donors (Lipinski definition) is 0. The first-order valence-corrected chi connectivity index (χ1v) is 9.86. The Morgan fingerprint density at radius 2 is 1.75 bits per heavy atom. The van der Waals surface area contributed by atoms with Gasteiger partial charge in [-0.1, -0.05) is 17.7 Å². The molecule has 0 aliphatic carbocycles.